The molecule has 0 radical (unpaired) electrons. The van der Waals surface area contributed by atoms with E-state index < -0.39 is 0 Å². The number of carbonyl (C=O) groups is 1. The van der Waals surface area contributed by atoms with Gasteiger partial charge in [0.25, 0.3) is 5.91 Å². The van der Waals surface area contributed by atoms with Crippen LogP contribution in [0.2, 0.25) is 0 Å². The zero-order chi connectivity index (χ0) is 14.7. The maximum Gasteiger partial charge on any atom is 0.290 e. The number of furan rings is 1. The van der Waals surface area contributed by atoms with Crippen LogP contribution in [0.5, 0.6) is 0 Å². The first-order valence-corrected chi connectivity index (χ1v) is 7.08. The second-order valence-corrected chi connectivity index (χ2v) is 5.14. The summed E-state index contributed by atoms with van der Waals surface area (Å²) in [5, 5.41) is 0. The number of likely N-dealkylation sites (tertiary alicyclic amines) is 1. The van der Waals surface area contributed by atoms with E-state index in [0.717, 1.165) is 24.9 Å². The Morgan fingerprint density at radius 1 is 1.38 bits per heavy atom. The first kappa shape index (κ1) is 13.8. The van der Waals surface area contributed by atoms with Crippen molar-refractivity contribution in [2.45, 2.75) is 25.5 Å². The average Bonchev–Trinajstić information content (AvgIpc) is 3.17. The predicted molar refractivity (Wildman–Crippen MR) is 76.7 cm³/mol. The molecule has 5 heteroatoms. The van der Waals surface area contributed by atoms with Crippen molar-refractivity contribution in [3.63, 3.8) is 0 Å². The monoisotopic (exact) mass is 286 g/mol. The lowest BCUT2D eigenvalue weighted by molar-refractivity contribution is 0.0695. The van der Waals surface area contributed by atoms with Gasteiger partial charge >= 0.3 is 0 Å². The van der Waals surface area contributed by atoms with Crippen LogP contribution in [-0.2, 0) is 11.3 Å². The fraction of sp³-hybridized carbons (Fsp3) is 0.375. The Morgan fingerprint density at radius 3 is 2.95 bits per heavy atom. The fourth-order valence-electron chi connectivity index (χ4n) is 2.80. The van der Waals surface area contributed by atoms with Crippen LogP contribution in [0.1, 0.15) is 40.8 Å². The molecule has 3 heterocycles. The Kier molecular flexibility index (Phi) is 4.01. The van der Waals surface area contributed by atoms with E-state index in [0.29, 0.717) is 18.1 Å². The molecular formula is C16H18N2O3. The molecule has 21 heavy (non-hydrogen) atoms. The third-order valence-electron chi connectivity index (χ3n) is 3.76. The van der Waals surface area contributed by atoms with Gasteiger partial charge in [0, 0.05) is 26.0 Å². The van der Waals surface area contributed by atoms with Gasteiger partial charge in [0.2, 0.25) is 0 Å². The zero-order valence-corrected chi connectivity index (χ0v) is 12.0. The van der Waals surface area contributed by atoms with Crippen molar-refractivity contribution in [1.82, 2.24) is 9.88 Å². The average molecular weight is 286 g/mol. The number of carbonyl (C=O) groups excluding carboxylic acids is 1. The van der Waals surface area contributed by atoms with Gasteiger partial charge in [-0.1, -0.05) is 0 Å². The van der Waals surface area contributed by atoms with Crippen molar-refractivity contribution in [3.05, 3.63) is 53.7 Å². The summed E-state index contributed by atoms with van der Waals surface area (Å²) in [6.07, 6.45) is 5.51. The minimum atomic E-state index is -0.0586. The number of amides is 1. The molecule has 0 N–H and O–H groups in total. The topological polar surface area (TPSA) is 55.6 Å². The Balaban J connectivity index is 1.79. The molecule has 0 spiro atoms. The molecular weight excluding hydrogens is 268 g/mol. The molecule has 0 saturated carbocycles. The summed E-state index contributed by atoms with van der Waals surface area (Å²) in [6.45, 7) is 1.13. The molecule has 2 aromatic heterocycles. The van der Waals surface area contributed by atoms with E-state index in [1.54, 1.807) is 31.6 Å². The molecule has 0 bridgehead atoms. The fourth-order valence-corrected chi connectivity index (χ4v) is 2.80. The van der Waals surface area contributed by atoms with E-state index in [9.17, 15) is 4.79 Å². The van der Waals surface area contributed by atoms with Crippen LogP contribution < -0.4 is 0 Å². The highest BCUT2D eigenvalue weighted by Gasteiger charge is 2.31. The molecule has 1 saturated heterocycles. The van der Waals surface area contributed by atoms with Crippen LogP contribution in [0.4, 0.5) is 0 Å². The third kappa shape index (κ3) is 2.83. The number of hydrogen-bond acceptors (Lipinski definition) is 4. The van der Waals surface area contributed by atoms with Crippen molar-refractivity contribution < 1.29 is 13.9 Å². The Hall–Kier alpha value is -2.14. The first-order valence-electron chi connectivity index (χ1n) is 7.08. The highest BCUT2D eigenvalue weighted by Crippen LogP contribution is 2.33. The lowest BCUT2D eigenvalue weighted by Gasteiger charge is -2.24. The number of rotatable bonds is 4. The largest absolute Gasteiger partial charge is 0.453 e. The lowest BCUT2D eigenvalue weighted by atomic mass is 10.1. The predicted octanol–water partition coefficient (Wildman–Crippen LogP) is 2.80. The molecule has 0 aromatic carbocycles. The molecule has 1 amide bonds. The number of methoxy groups -OCH3 is 1. The summed E-state index contributed by atoms with van der Waals surface area (Å²) >= 11 is 0. The minimum absolute atomic E-state index is 0.0586. The van der Waals surface area contributed by atoms with Crippen LogP contribution in [0.3, 0.4) is 0 Å². The molecule has 1 aliphatic rings. The van der Waals surface area contributed by atoms with E-state index in [2.05, 4.69) is 4.98 Å². The van der Waals surface area contributed by atoms with Gasteiger partial charge in [-0.25, -0.2) is 0 Å². The lowest BCUT2D eigenvalue weighted by Crippen LogP contribution is -2.30. The molecule has 1 unspecified atom stereocenters. The normalized spacial score (nSPS) is 18.1. The van der Waals surface area contributed by atoms with Gasteiger partial charge in [0.15, 0.2) is 5.76 Å². The molecule has 0 aliphatic carbocycles. The van der Waals surface area contributed by atoms with Gasteiger partial charge in [-0.3, -0.25) is 9.78 Å². The van der Waals surface area contributed by atoms with Crippen molar-refractivity contribution in [2.75, 3.05) is 13.7 Å². The van der Waals surface area contributed by atoms with Crippen molar-refractivity contribution in [2.24, 2.45) is 0 Å². The summed E-state index contributed by atoms with van der Waals surface area (Å²) < 4.78 is 10.6. The number of hydrogen-bond donors (Lipinski definition) is 0. The summed E-state index contributed by atoms with van der Waals surface area (Å²) in [5.74, 6) is 0.986. The zero-order valence-electron chi connectivity index (χ0n) is 12.0. The molecule has 2 aromatic rings. The number of pyridine rings is 1. The van der Waals surface area contributed by atoms with E-state index >= 15 is 0 Å². The molecule has 110 valence electrons. The Bertz CT molecular complexity index is 609. The summed E-state index contributed by atoms with van der Waals surface area (Å²) in [5.41, 5.74) is 1.12. The standard InChI is InChI=1S/C16H18N2O3/c1-20-11-13-4-5-15(21-13)16(19)18-10-2-3-14(18)12-6-8-17-9-7-12/h4-9,14H,2-3,10-11H2,1H3. The van der Waals surface area contributed by atoms with Crippen molar-refractivity contribution >= 4 is 5.91 Å². The molecule has 1 fully saturated rings. The summed E-state index contributed by atoms with van der Waals surface area (Å²) in [4.78, 5) is 18.5. The number of aromatic nitrogens is 1. The van der Waals surface area contributed by atoms with Gasteiger partial charge in [0.05, 0.1) is 6.04 Å². The van der Waals surface area contributed by atoms with Gasteiger partial charge in [-0.15, -0.1) is 0 Å². The maximum absolute atomic E-state index is 12.6. The summed E-state index contributed by atoms with van der Waals surface area (Å²) in [7, 11) is 1.60. The summed E-state index contributed by atoms with van der Waals surface area (Å²) in [6, 6.07) is 7.55. The van der Waals surface area contributed by atoms with Crippen LogP contribution in [-0.4, -0.2) is 29.4 Å². The van der Waals surface area contributed by atoms with Crippen molar-refractivity contribution in [3.8, 4) is 0 Å². The van der Waals surface area contributed by atoms with E-state index in [1.165, 1.54) is 0 Å². The van der Waals surface area contributed by atoms with E-state index in [1.807, 2.05) is 17.0 Å². The smallest absolute Gasteiger partial charge is 0.290 e. The quantitative estimate of drug-likeness (QED) is 0.867. The van der Waals surface area contributed by atoms with Crippen LogP contribution >= 0.6 is 0 Å². The highest BCUT2D eigenvalue weighted by molar-refractivity contribution is 5.92. The molecule has 5 nitrogen and oxygen atoms in total. The molecule has 1 atom stereocenters. The van der Waals surface area contributed by atoms with Gasteiger partial charge in [0.1, 0.15) is 12.4 Å². The number of ether oxygens (including phenoxy) is 1. The Morgan fingerprint density at radius 2 is 2.19 bits per heavy atom. The van der Waals surface area contributed by atoms with Crippen LogP contribution in [0.15, 0.2) is 41.1 Å². The first-order chi connectivity index (χ1) is 10.3. The second kappa shape index (κ2) is 6.10. The van der Waals surface area contributed by atoms with Crippen LogP contribution in [0, 0.1) is 0 Å². The van der Waals surface area contributed by atoms with Gasteiger partial charge in [-0.05, 0) is 42.7 Å². The van der Waals surface area contributed by atoms with E-state index in [4.69, 9.17) is 9.15 Å². The Labute approximate surface area is 123 Å². The minimum Gasteiger partial charge on any atom is -0.453 e. The van der Waals surface area contributed by atoms with E-state index in [-0.39, 0.29) is 11.9 Å². The maximum atomic E-state index is 12.6. The third-order valence-corrected chi connectivity index (χ3v) is 3.76. The molecule has 1 aliphatic heterocycles. The highest BCUT2D eigenvalue weighted by atomic mass is 16.5. The molecule has 3 rings (SSSR count). The van der Waals surface area contributed by atoms with Gasteiger partial charge < -0.3 is 14.1 Å². The number of nitrogens with zero attached hydrogens (tertiary/aromatic N) is 2. The van der Waals surface area contributed by atoms with Gasteiger partial charge in [-0.2, -0.15) is 0 Å². The second-order valence-electron chi connectivity index (χ2n) is 5.14. The van der Waals surface area contributed by atoms with Crippen LogP contribution in [0.25, 0.3) is 0 Å². The van der Waals surface area contributed by atoms with Crippen molar-refractivity contribution in [1.29, 1.82) is 0 Å². The SMILES string of the molecule is COCc1ccc(C(=O)N2CCCC2c2ccncc2)o1.